The van der Waals surface area contributed by atoms with Crippen LogP contribution in [0, 0.1) is 0 Å². The Kier molecular flexibility index (Phi) is 9.37. The van der Waals surface area contributed by atoms with Crippen LogP contribution in [0.4, 0.5) is 0 Å². The van der Waals surface area contributed by atoms with E-state index in [1.54, 1.807) is 48.5 Å². The van der Waals surface area contributed by atoms with Crippen LogP contribution in [0.3, 0.4) is 0 Å². The number of carboxylic acids is 1. The van der Waals surface area contributed by atoms with Gasteiger partial charge in [0.1, 0.15) is 11.5 Å². The number of phenolic OH excluding ortho intramolecular Hbond substituents is 1. The van der Waals surface area contributed by atoms with Gasteiger partial charge in [0.2, 0.25) is 6.10 Å². The molecule has 14 heteroatoms. The molecule has 2 aliphatic heterocycles. The summed E-state index contributed by atoms with van der Waals surface area (Å²) in [6.07, 6.45) is -1.98. The molecule has 1 spiro atoms. The molecule has 0 aromatic heterocycles. The number of esters is 2. The highest BCUT2D eigenvalue weighted by atomic mass is 16.7. The van der Waals surface area contributed by atoms with Crippen molar-refractivity contribution < 1.29 is 63.7 Å². The SMILES string of the molecule is CC(=O)O[C@H](C(=O)O)c1ccccc1.CN1CC[C@]23c4c5ccc(O)c4O[C@H]2C(O[C@@](O)(C(=O)Oc2ccccc2)[C@H](O)C=O)=CC[C@@]3(O)[C@H]1C5. The number of aromatic hydroxyl groups is 1. The number of para-hydroxylation sites is 1. The van der Waals surface area contributed by atoms with Crippen molar-refractivity contribution in [2.24, 2.45) is 0 Å². The number of carbonyl (C=O) groups is 4. The van der Waals surface area contributed by atoms with Gasteiger partial charge in [0.25, 0.3) is 0 Å². The second-order valence-electron chi connectivity index (χ2n) is 12.9. The number of rotatable bonds is 9. The third kappa shape index (κ3) is 5.89. The topological polar surface area (TPSA) is 210 Å². The number of aliphatic hydroxyl groups excluding tert-OH is 1. The molecule has 1 fully saturated rings. The quantitative estimate of drug-likeness (QED) is 0.0934. The third-order valence-electron chi connectivity index (χ3n) is 10.0. The number of phenols is 1. The van der Waals surface area contributed by atoms with Crippen molar-refractivity contribution in [2.75, 3.05) is 13.6 Å². The van der Waals surface area contributed by atoms with Crippen LogP contribution in [0.5, 0.6) is 17.2 Å². The summed E-state index contributed by atoms with van der Waals surface area (Å²) >= 11 is 0. The van der Waals surface area contributed by atoms with Crippen molar-refractivity contribution in [3.8, 4) is 17.2 Å². The van der Waals surface area contributed by atoms with E-state index in [1.165, 1.54) is 31.2 Å². The van der Waals surface area contributed by atoms with Crippen molar-refractivity contribution >= 4 is 24.2 Å². The van der Waals surface area contributed by atoms with Crippen LogP contribution >= 0.6 is 0 Å². The predicted molar refractivity (Wildman–Crippen MR) is 175 cm³/mol. The highest BCUT2D eigenvalue weighted by Gasteiger charge is 2.72. The van der Waals surface area contributed by atoms with Crippen molar-refractivity contribution in [2.45, 2.75) is 67.3 Å². The Morgan fingerprint density at radius 3 is 2.35 bits per heavy atom. The van der Waals surface area contributed by atoms with E-state index in [0.717, 1.165) is 5.56 Å². The number of nitrogens with zero attached hydrogens (tertiary/aromatic N) is 1. The molecule has 3 aromatic carbocycles. The standard InChI is InChI=1S/C27H27NO9.C10H10O4/c1-28-12-11-25-21-15-7-8-17(30)22(21)36-23(25)18(9-10-26(25,33)19(28)13-15)37-27(34,20(31)14-29)24(32)35-16-5-3-2-4-6-16;1-7(11)14-9(10(12)13)8-5-3-2-4-6-8/h2-9,14,19-20,23,30-31,33-34H,10-13H2,1H3;2-6,9H,1H3,(H,12,13)/t19-,20-,23+,25+,26-,27-;9-/m10/s1. The molecule has 0 unspecified atom stereocenters. The van der Waals surface area contributed by atoms with Crippen LogP contribution in [0.1, 0.15) is 42.6 Å². The highest BCUT2D eigenvalue weighted by molar-refractivity contribution is 5.85. The number of hydrogen-bond donors (Lipinski definition) is 5. The van der Waals surface area contributed by atoms with Crippen molar-refractivity contribution in [3.05, 3.63) is 101 Å². The van der Waals surface area contributed by atoms with Gasteiger partial charge in [-0.15, -0.1) is 0 Å². The van der Waals surface area contributed by atoms with Gasteiger partial charge < -0.3 is 54.2 Å². The monoisotopic (exact) mass is 703 g/mol. The van der Waals surface area contributed by atoms with Crippen LogP contribution in [-0.4, -0.2) is 97.9 Å². The maximum absolute atomic E-state index is 13.0. The van der Waals surface area contributed by atoms with E-state index in [2.05, 4.69) is 9.64 Å². The van der Waals surface area contributed by atoms with E-state index < -0.39 is 53.0 Å². The Hall–Kier alpha value is -5.28. The van der Waals surface area contributed by atoms with Gasteiger partial charge in [-0.1, -0.05) is 54.6 Å². The van der Waals surface area contributed by atoms with Gasteiger partial charge in [0.15, 0.2) is 30.0 Å². The number of aliphatic carboxylic acids is 1. The van der Waals surface area contributed by atoms with Crippen LogP contribution in [0.2, 0.25) is 0 Å². The number of likely N-dealkylation sites (N-methyl/N-ethyl adjacent to an activating group) is 1. The highest BCUT2D eigenvalue weighted by Crippen LogP contribution is 2.65. The number of aldehydes is 1. The molecule has 0 amide bonds. The first kappa shape index (κ1) is 35.5. The Morgan fingerprint density at radius 2 is 1.73 bits per heavy atom. The Bertz CT molecular complexity index is 1870. The van der Waals surface area contributed by atoms with E-state index in [1.807, 2.05) is 13.1 Å². The van der Waals surface area contributed by atoms with E-state index in [-0.39, 0.29) is 41.8 Å². The molecule has 1 saturated heterocycles. The average molecular weight is 704 g/mol. The van der Waals surface area contributed by atoms with Gasteiger partial charge in [-0.3, -0.25) is 4.79 Å². The summed E-state index contributed by atoms with van der Waals surface area (Å²) in [5, 5.41) is 53.2. The van der Waals surface area contributed by atoms with E-state index >= 15 is 0 Å². The maximum atomic E-state index is 13.0. The lowest BCUT2D eigenvalue weighted by molar-refractivity contribution is -0.245. The fourth-order valence-electron chi connectivity index (χ4n) is 7.66. The minimum absolute atomic E-state index is 0.0232. The first-order valence-corrected chi connectivity index (χ1v) is 16.2. The lowest BCUT2D eigenvalue weighted by Gasteiger charge is -2.61. The van der Waals surface area contributed by atoms with Crippen molar-refractivity contribution in [1.82, 2.24) is 4.90 Å². The summed E-state index contributed by atoms with van der Waals surface area (Å²) in [7, 11) is 1.95. The van der Waals surface area contributed by atoms with Crippen molar-refractivity contribution in [1.29, 1.82) is 0 Å². The van der Waals surface area contributed by atoms with Crippen LogP contribution in [0.15, 0.2) is 84.6 Å². The van der Waals surface area contributed by atoms with Crippen LogP contribution in [-0.2, 0) is 40.5 Å². The molecule has 14 nitrogen and oxygen atoms in total. The molecular formula is C37H37NO13. The first-order chi connectivity index (χ1) is 24.3. The summed E-state index contributed by atoms with van der Waals surface area (Å²) < 4.78 is 21.8. The zero-order valence-electron chi connectivity index (χ0n) is 27.7. The number of ether oxygens (including phenoxy) is 4. The second kappa shape index (κ2) is 13.5. The smallest absolute Gasteiger partial charge is 0.388 e. The Balaban J connectivity index is 0.000000270. The lowest BCUT2D eigenvalue weighted by Crippen LogP contribution is -2.74. The molecule has 7 rings (SSSR count). The summed E-state index contributed by atoms with van der Waals surface area (Å²) in [6, 6.07) is 19.3. The van der Waals surface area contributed by atoms with Gasteiger partial charge in [-0.25, -0.2) is 9.59 Å². The summed E-state index contributed by atoms with van der Waals surface area (Å²) in [5.41, 5.74) is -0.286. The zero-order valence-corrected chi connectivity index (χ0v) is 27.7. The van der Waals surface area contributed by atoms with Gasteiger partial charge in [0, 0.05) is 30.5 Å². The summed E-state index contributed by atoms with van der Waals surface area (Å²) in [4.78, 5) is 48.1. The van der Waals surface area contributed by atoms with Gasteiger partial charge in [-0.2, -0.15) is 0 Å². The zero-order chi connectivity index (χ0) is 36.7. The second-order valence-corrected chi connectivity index (χ2v) is 12.9. The Morgan fingerprint density at radius 1 is 1.06 bits per heavy atom. The minimum Gasteiger partial charge on any atom is -0.504 e. The number of benzene rings is 3. The van der Waals surface area contributed by atoms with Gasteiger partial charge in [-0.05, 0) is 56.3 Å². The summed E-state index contributed by atoms with van der Waals surface area (Å²) in [6.45, 7) is 1.80. The average Bonchev–Trinajstić information content (AvgIpc) is 3.48. The first-order valence-electron chi connectivity index (χ1n) is 16.2. The normalized spacial score (nSPS) is 26.3. The molecule has 5 N–H and O–H groups in total. The molecule has 0 radical (unpaired) electrons. The molecule has 7 atom stereocenters. The van der Waals surface area contributed by atoms with E-state index in [4.69, 9.17) is 19.3 Å². The molecule has 0 saturated carbocycles. The third-order valence-corrected chi connectivity index (χ3v) is 10.0. The fraction of sp³-hybridized carbons (Fsp3) is 0.351. The Labute approximate surface area is 292 Å². The molecule has 51 heavy (non-hydrogen) atoms. The van der Waals surface area contributed by atoms with Crippen molar-refractivity contribution in [3.63, 3.8) is 0 Å². The number of hydrogen-bond acceptors (Lipinski definition) is 13. The lowest BCUT2D eigenvalue weighted by atomic mass is 9.50. The number of aliphatic hydroxyl groups is 3. The molecule has 2 bridgehead atoms. The number of carbonyl (C=O) groups excluding carboxylic acids is 3. The van der Waals surface area contributed by atoms with Crippen LogP contribution < -0.4 is 9.47 Å². The molecule has 2 heterocycles. The number of carboxylic acid groups (broad SMARTS) is 1. The van der Waals surface area contributed by atoms with E-state index in [0.29, 0.717) is 30.5 Å². The van der Waals surface area contributed by atoms with Gasteiger partial charge >= 0.3 is 23.7 Å². The molecular weight excluding hydrogens is 666 g/mol. The maximum Gasteiger partial charge on any atom is 0.388 e. The van der Waals surface area contributed by atoms with Crippen LogP contribution in [0.25, 0.3) is 0 Å². The predicted octanol–water partition coefficient (Wildman–Crippen LogP) is 1.92. The largest absolute Gasteiger partial charge is 0.504 e. The van der Waals surface area contributed by atoms with Gasteiger partial charge in [0.05, 0.1) is 11.0 Å². The fourth-order valence-corrected chi connectivity index (χ4v) is 7.66. The number of likely N-dealkylation sites (tertiary alicyclic amines) is 1. The molecule has 4 aliphatic rings. The minimum atomic E-state index is -3.10. The molecule has 3 aromatic rings. The molecule has 268 valence electrons. The number of piperidine rings is 1. The summed E-state index contributed by atoms with van der Waals surface area (Å²) in [5.74, 6) is -6.15. The molecule has 2 aliphatic carbocycles. The van der Waals surface area contributed by atoms with E-state index in [9.17, 15) is 39.6 Å².